The van der Waals surface area contributed by atoms with Crippen molar-refractivity contribution < 1.29 is 0 Å². The predicted molar refractivity (Wildman–Crippen MR) is 147 cm³/mol. The Morgan fingerprint density at radius 1 is 1.11 bits per heavy atom. The minimum atomic E-state index is 0.469. The number of hydrogen-bond acceptors (Lipinski definition) is 6. The van der Waals surface area contributed by atoms with Gasteiger partial charge in [-0.05, 0) is 74.2 Å². The first-order chi connectivity index (χ1) is 17.4. The van der Waals surface area contributed by atoms with Crippen LogP contribution in [0.15, 0.2) is 60.1 Å². The average molecular weight is 482 g/mol. The molecule has 5 rings (SSSR count). The molecule has 1 saturated heterocycles. The first-order valence-electron chi connectivity index (χ1n) is 12.6. The Hall–Kier alpha value is -3.73. The van der Waals surface area contributed by atoms with Crippen LogP contribution in [0, 0.1) is 18.8 Å². The summed E-state index contributed by atoms with van der Waals surface area (Å²) in [6, 6.07) is 13.2. The van der Waals surface area contributed by atoms with E-state index in [-0.39, 0.29) is 0 Å². The van der Waals surface area contributed by atoms with Crippen LogP contribution in [0.25, 0.3) is 22.4 Å². The summed E-state index contributed by atoms with van der Waals surface area (Å²) >= 11 is 0. The van der Waals surface area contributed by atoms with Crippen LogP contribution in [-0.4, -0.2) is 59.0 Å². The molecule has 1 aliphatic heterocycles. The maximum Gasteiger partial charge on any atom is 0.138 e. The number of likely N-dealkylation sites (N-methyl/N-ethyl adjacent to an activating group) is 1. The van der Waals surface area contributed by atoms with Crippen molar-refractivity contribution in [3.63, 3.8) is 0 Å². The fourth-order valence-electron chi connectivity index (χ4n) is 4.33. The van der Waals surface area contributed by atoms with Gasteiger partial charge in [0.05, 0.1) is 22.6 Å². The number of nitrogens with zero attached hydrogens (tertiary/aromatic N) is 3. The van der Waals surface area contributed by atoms with Crippen molar-refractivity contribution >= 4 is 11.0 Å². The average Bonchev–Trinajstić information content (AvgIpc) is 3.58. The van der Waals surface area contributed by atoms with Gasteiger partial charge in [0.15, 0.2) is 0 Å². The van der Waals surface area contributed by atoms with E-state index in [0.717, 1.165) is 66.3 Å². The number of piperazine rings is 1. The Labute approximate surface area is 213 Å². The second-order valence-corrected chi connectivity index (χ2v) is 9.96. The van der Waals surface area contributed by atoms with Crippen LogP contribution in [-0.2, 0) is 6.54 Å². The number of nitrogens with two attached hydrogens (primary N) is 2. The zero-order chi connectivity index (χ0) is 25.1. The number of allylic oxidation sites excluding steroid dienone is 3. The highest BCUT2D eigenvalue weighted by molar-refractivity contribution is 5.80. The Bertz CT molecular complexity index is 1360. The summed E-state index contributed by atoms with van der Waals surface area (Å²) in [5.74, 6) is 7.71. The normalized spacial score (nSPS) is 17.7. The van der Waals surface area contributed by atoms with E-state index in [2.05, 4.69) is 82.3 Å². The minimum absolute atomic E-state index is 0.469. The molecular formula is C29H35N7. The van der Waals surface area contributed by atoms with Crippen LogP contribution in [0.1, 0.15) is 29.5 Å². The highest BCUT2D eigenvalue weighted by Gasteiger charge is 2.20. The van der Waals surface area contributed by atoms with E-state index >= 15 is 0 Å². The largest absolute Gasteiger partial charge is 0.392 e. The van der Waals surface area contributed by atoms with Gasteiger partial charge < -0.3 is 26.7 Å². The Morgan fingerprint density at radius 2 is 1.92 bits per heavy atom. The number of aromatic amines is 1. The highest BCUT2D eigenvalue weighted by atomic mass is 15.2. The van der Waals surface area contributed by atoms with E-state index in [4.69, 9.17) is 16.5 Å². The van der Waals surface area contributed by atoms with E-state index < -0.39 is 0 Å². The summed E-state index contributed by atoms with van der Waals surface area (Å²) in [4.78, 5) is 13.2. The van der Waals surface area contributed by atoms with Crippen molar-refractivity contribution in [2.75, 3.05) is 33.2 Å². The fraction of sp³-hybridized carbons (Fsp3) is 0.345. The quantitative estimate of drug-likeness (QED) is 0.319. The Kier molecular flexibility index (Phi) is 6.99. The summed E-state index contributed by atoms with van der Waals surface area (Å²) in [6.45, 7) is 7.48. The first-order valence-corrected chi connectivity index (χ1v) is 12.6. The molecule has 0 atom stereocenters. The Morgan fingerprint density at radius 3 is 2.69 bits per heavy atom. The zero-order valence-electron chi connectivity index (χ0n) is 21.1. The molecule has 0 bridgehead atoms. The SMILES string of the molecule is Cc1ccc(-c2nc3ccc(CN4CCN(C)CC4)cc3[nH]2)cc1C#C/C(N)=C/C=C(\N)NC1CC1. The van der Waals surface area contributed by atoms with Crippen LogP contribution in [0.5, 0.6) is 0 Å². The van der Waals surface area contributed by atoms with Crippen molar-refractivity contribution in [2.45, 2.75) is 32.4 Å². The lowest BCUT2D eigenvalue weighted by atomic mass is 10.0. The number of aryl methyl sites for hydroxylation is 1. The summed E-state index contributed by atoms with van der Waals surface area (Å²) in [7, 11) is 2.19. The smallest absolute Gasteiger partial charge is 0.138 e. The van der Waals surface area contributed by atoms with Crippen LogP contribution in [0.2, 0.25) is 0 Å². The summed E-state index contributed by atoms with van der Waals surface area (Å²) < 4.78 is 0. The van der Waals surface area contributed by atoms with Gasteiger partial charge in [-0.3, -0.25) is 4.90 Å². The number of rotatable bonds is 6. The summed E-state index contributed by atoms with van der Waals surface area (Å²) in [5.41, 5.74) is 18.9. The van der Waals surface area contributed by atoms with Crippen molar-refractivity contribution in [2.24, 2.45) is 11.5 Å². The van der Waals surface area contributed by atoms with Crippen molar-refractivity contribution in [3.05, 3.63) is 76.8 Å². The molecule has 1 aliphatic carbocycles. The molecular weight excluding hydrogens is 446 g/mol. The maximum absolute atomic E-state index is 6.09. The monoisotopic (exact) mass is 481 g/mol. The van der Waals surface area contributed by atoms with Gasteiger partial charge in [0, 0.05) is 49.9 Å². The van der Waals surface area contributed by atoms with Crippen LogP contribution < -0.4 is 16.8 Å². The van der Waals surface area contributed by atoms with Gasteiger partial charge in [-0.15, -0.1) is 0 Å². The number of imidazole rings is 1. The summed E-state index contributed by atoms with van der Waals surface area (Å²) in [5, 5.41) is 3.23. The van der Waals surface area contributed by atoms with E-state index in [1.54, 1.807) is 12.2 Å². The predicted octanol–water partition coefficient (Wildman–Crippen LogP) is 3.03. The molecule has 1 saturated carbocycles. The fourth-order valence-corrected chi connectivity index (χ4v) is 4.33. The van der Waals surface area contributed by atoms with E-state index in [1.807, 2.05) is 0 Å². The first kappa shape index (κ1) is 24.0. The molecule has 3 aromatic rings. The van der Waals surface area contributed by atoms with Gasteiger partial charge in [0.1, 0.15) is 5.82 Å². The van der Waals surface area contributed by atoms with Gasteiger partial charge in [0.25, 0.3) is 0 Å². The number of aromatic nitrogens is 2. The molecule has 0 amide bonds. The third kappa shape index (κ3) is 6.09. The lowest BCUT2D eigenvalue weighted by Gasteiger charge is -2.32. The molecule has 2 fully saturated rings. The molecule has 2 heterocycles. The van der Waals surface area contributed by atoms with Gasteiger partial charge >= 0.3 is 0 Å². The molecule has 2 aliphatic rings. The van der Waals surface area contributed by atoms with E-state index in [9.17, 15) is 0 Å². The molecule has 7 nitrogen and oxygen atoms in total. The number of fused-ring (bicyclic) bond motifs is 1. The highest BCUT2D eigenvalue weighted by Crippen LogP contribution is 2.24. The Balaban J connectivity index is 1.31. The van der Waals surface area contributed by atoms with Crippen molar-refractivity contribution in [3.8, 4) is 23.2 Å². The van der Waals surface area contributed by atoms with Crippen LogP contribution >= 0.6 is 0 Å². The molecule has 0 unspecified atom stereocenters. The summed E-state index contributed by atoms with van der Waals surface area (Å²) in [6.07, 6.45) is 5.87. The third-order valence-electron chi connectivity index (χ3n) is 6.79. The second-order valence-electron chi connectivity index (χ2n) is 9.96. The van der Waals surface area contributed by atoms with Gasteiger partial charge in [-0.25, -0.2) is 4.98 Å². The molecule has 6 N–H and O–H groups in total. The van der Waals surface area contributed by atoms with Gasteiger partial charge in [0.2, 0.25) is 0 Å². The van der Waals surface area contributed by atoms with Crippen molar-refractivity contribution in [1.82, 2.24) is 25.1 Å². The molecule has 186 valence electrons. The molecule has 1 aromatic heterocycles. The molecule has 2 aromatic carbocycles. The minimum Gasteiger partial charge on any atom is -0.392 e. The lowest BCUT2D eigenvalue weighted by molar-refractivity contribution is 0.148. The van der Waals surface area contributed by atoms with Crippen LogP contribution in [0.3, 0.4) is 0 Å². The van der Waals surface area contributed by atoms with Crippen molar-refractivity contribution in [1.29, 1.82) is 0 Å². The molecule has 36 heavy (non-hydrogen) atoms. The third-order valence-corrected chi connectivity index (χ3v) is 6.79. The number of benzene rings is 2. The van der Waals surface area contributed by atoms with Gasteiger partial charge in [-0.2, -0.15) is 0 Å². The van der Waals surface area contributed by atoms with Crippen LogP contribution in [0.4, 0.5) is 0 Å². The zero-order valence-corrected chi connectivity index (χ0v) is 21.1. The molecule has 0 spiro atoms. The molecule has 0 radical (unpaired) electrons. The second kappa shape index (κ2) is 10.5. The van der Waals surface area contributed by atoms with E-state index in [1.165, 1.54) is 18.4 Å². The molecule has 7 heteroatoms. The topological polar surface area (TPSA) is 99.2 Å². The van der Waals surface area contributed by atoms with Gasteiger partial charge in [-0.1, -0.05) is 24.1 Å². The lowest BCUT2D eigenvalue weighted by Crippen LogP contribution is -2.43. The number of hydrogen-bond donors (Lipinski definition) is 4. The maximum atomic E-state index is 6.09. The number of nitrogens with one attached hydrogen (secondary N) is 2. The number of H-pyrrole nitrogens is 1. The standard InChI is InChI=1S/C29H35N7/c1-20-3-5-23(18-22(20)6-7-24(30)8-12-28(31)32-25-9-10-25)29-33-26-11-4-21(17-27(26)34-29)19-36-15-13-35(2)14-16-36/h3-5,8,11-12,17-18,25,32H,9-10,13-16,19,30-31H2,1-2H3,(H,33,34)/b24-8-,28-12+. The van der Waals surface area contributed by atoms with E-state index in [0.29, 0.717) is 17.6 Å².